The molecule has 0 saturated carbocycles. The van der Waals surface area contributed by atoms with E-state index in [1.165, 1.54) is 16.7 Å². The highest BCUT2D eigenvalue weighted by molar-refractivity contribution is 6.30. The second-order valence-electron chi connectivity index (χ2n) is 4.97. The van der Waals surface area contributed by atoms with Gasteiger partial charge in [0.1, 0.15) is 5.82 Å². The fraction of sp³-hybridized carbons (Fsp3) is 0.188. The lowest BCUT2D eigenvalue weighted by atomic mass is 10.1. The number of imidazole rings is 1. The third-order valence-electron chi connectivity index (χ3n) is 3.23. The summed E-state index contributed by atoms with van der Waals surface area (Å²) in [7, 11) is 0. The van der Waals surface area contributed by atoms with Crippen molar-refractivity contribution in [2.45, 2.75) is 20.3 Å². The molecule has 0 radical (unpaired) electrons. The van der Waals surface area contributed by atoms with E-state index >= 15 is 0 Å². The standard InChI is InChI=1S/C16H15ClN2/c1-10-6-11(2)16-14(7-10)18-15(19-16)9-12-4-3-5-13(17)8-12/h3-8H,9H2,1-2H3,(H,18,19). The van der Waals surface area contributed by atoms with E-state index in [9.17, 15) is 0 Å². The Bertz CT molecular complexity index is 744. The number of hydrogen-bond acceptors (Lipinski definition) is 1. The number of hydrogen-bond donors (Lipinski definition) is 1. The lowest BCUT2D eigenvalue weighted by molar-refractivity contribution is 1.04. The van der Waals surface area contributed by atoms with Gasteiger partial charge in [-0.25, -0.2) is 4.98 Å². The first kappa shape index (κ1) is 12.2. The number of aromatic amines is 1. The predicted octanol–water partition coefficient (Wildman–Crippen LogP) is 4.42. The predicted molar refractivity (Wildman–Crippen MR) is 79.8 cm³/mol. The Morgan fingerprint density at radius 3 is 2.79 bits per heavy atom. The average Bonchev–Trinajstić information content (AvgIpc) is 2.71. The van der Waals surface area contributed by atoms with Gasteiger partial charge in [-0.3, -0.25) is 0 Å². The fourth-order valence-corrected chi connectivity index (χ4v) is 2.66. The van der Waals surface area contributed by atoms with Crippen molar-refractivity contribution in [3.8, 4) is 0 Å². The molecule has 0 atom stereocenters. The third kappa shape index (κ3) is 2.49. The number of rotatable bonds is 2. The van der Waals surface area contributed by atoms with E-state index in [1.807, 2.05) is 18.2 Å². The van der Waals surface area contributed by atoms with Crippen LogP contribution in [-0.2, 0) is 6.42 Å². The minimum Gasteiger partial charge on any atom is -0.342 e. The van der Waals surface area contributed by atoms with Crippen LogP contribution in [0, 0.1) is 13.8 Å². The van der Waals surface area contributed by atoms with E-state index in [0.29, 0.717) is 0 Å². The molecule has 19 heavy (non-hydrogen) atoms. The third-order valence-corrected chi connectivity index (χ3v) is 3.47. The van der Waals surface area contributed by atoms with E-state index in [-0.39, 0.29) is 0 Å². The van der Waals surface area contributed by atoms with Crippen LogP contribution in [0.5, 0.6) is 0 Å². The van der Waals surface area contributed by atoms with Crippen LogP contribution in [0.3, 0.4) is 0 Å². The van der Waals surface area contributed by atoms with Crippen molar-refractivity contribution in [3.05, 3.63) is 63.9 Å². The van der Waals surface area contributed by atoms with E-state index in [2.05, 4.69) is 42.0 Å². The van der Waals surface area contributed by atoms with Gasteiger partial charge in [-0.05, 0) is 48.7 Å². The highest BCUT2D eigenvalue weighted by atomic mass is 35.5. The molecule has 1 aromatic heterocycles. The van der Waals surface area contributed by atoms with Crippen LogP contribution in [0.25, 0.3) is 11.0 Å². The van der Waals surface area contributed by atoms with Gasteiger partial charge in [0, 0.05) is 11.4 Å². The topological polar surface area (TPSA) is 28.7 Å². The molecule has 0 aliphatic carbocycles. The average molecular weight is 271 g/mol. The van der Waals surface area contributed by atoms with Gasteiger partial charge in [0.05, 0.1) is 11.0 Å². The first-order valence-electron chi connectivity index (χ1n) is 6.32. The number of aromatic nitrogens is 2. The van der Waals surface area contributed by atoms with Crippen LogP contribution in [0.4, 0.5) is 0 Å². The first-order chi connectivity index (χ1) is 9.11. The minimum atomic E-state index is 0.764. The molecule has 2 nitrogen and oxygen atoms in total. The maximum Gasteiger partial charge on any atom is 0.111 e. The molecule has 0 saturated heterocycles. The molecule has 0 aliphatic heterocycles. The molecule has 0 aliphatic rings. The number of halogens is 1. The molecule has 2 aromatic carbocycles. The Balaban J connectivity index is 2.00. The van der Waals surface area contributed by atoms with Gasteiger partial charge >= 0.3 is 0 Å². The normalized spacial score (nSPS) is 11.1. The van der Waals surface area contributed by atoms with E-state index in [1.54, 1.807) is 0 Å². The maximum absolute atomic E-state index is 6.01. The molecule has 0 unspecified atom stereocenters. The van der Waals surface area contributed by atoms with Gasteiger partial charge in [0.15, 0.2) is 0 Å². The Morgan fingerprint density at radius 1 is 1.16 bits per heavy atom. The fourth-order valence-electron chi connectivity index (χ4n) is 2.45. The molecule has 1 N–H and O–H groups in total. The maximum atomic E-state index is 6.01. The molecule has 1 heterocycles. The zero-order valence-electron chi connectivity index (χ0n) is 11.0. The van der Waals surface area contributed by atoms with Crippen molar-refractivity contribution in [3.63, 3.8) is 0 Å². The highest BCUT2D eigenvalue weighted by Gasteiger charge is 2.07. The molecule has 0 amide bonds. The summed E-state index contributed by atoms with van der Waals surface area (Å²) in [6, 6.07) is 12.2. The molecule has 0 spiro atoms. The number of nitrogens with one attached hydrogen (secondary N) is 1. The van der Waals surface area contributed by atoms with Gasteiger partial charge in [-0.1, -0.05) is 29.8 Å². The summed E-state index contributed by atoms with van der Waals surface area (Å²) in [5, 5.41) is 0.764. The number of benzene rings is 2. The van der Waals surface area contributed by atoms with Gasteiger partial charge in [-0.2, -0.15) is 0 Å². The Hall–Kier alpha value is -1.80. The molecular formula is C16H15ClN2. The second kappa shape index (κ2) is 4.71. The zero-order valence-corrected chi connectivity index (χ0v) is 11.8. The number of nitrogens with zero attached hydrogens (tertiary/aromatic N) is 1. The molecule has 0 fully saturated rings. The van der Waals surface area contributed by atoms with Crippen LogP contribution in [0.15, 0.2) is 36.4 Å². The van der Waals surface area contributed by atoms with Crippen LogP contribution in [0.2, 0.25) is 5.02 Å². The molecule has 0 bridgehead atoms. The summed E-state index contributed by atoms with van der Waals surface area (Å²) in [4.78, 5) is 8.07. The van der Waals surface area contributed by atoms with Gasteiger partial charge < -0.3 is 4.98 Å². The smallest absolute Gasteiger partial charge is 0.111 e. The minimum absolute atomic E-state index is 0.764. The van der Waals surface area contributed by atoms with Crippen molar-refractivity contribution in [2.24, 2.45) is 0 Å². The van der Waals surface area contributed by atoms with Crippen LogP contribution in [0.1, 0.15) is 22.5 Å². The molecule has 3 rings (SSSR count). The van der Waals surface area contributed by atoms with Crippen LogP contribution < -0.4 is 0 Å². The summed E-state index contributed by atoms with van der Waals surface area (Å²) in [6.07, 6.45) is 0.772. The first-order valence-corrected chi connectivity index (χ1v) is 6.70. The summed E-state index contributed by atoms with van der Waals surface area (Å²) in [5.74, 6) is 0.978. The highest BCUT2D eigenvalue weighted by Crippen LogP contribution is 2.20. The van der Waals surface area contributed by atoms with Crippen molar-refractivity contribution >= 4 is 22.6 Å². The quantitative estimate of drug-likeness (QED) is 0.733. The van der Waals surface area contributed by atoms with Crippen molar-refractivity contribution in [2.75, 3.05) is 0 Å². The van der Waals surface area contributed by atoms with Crippen molar-refractivity contribution in [1.82, 2.24) is 9.97 Å². The summed E-state index contributed by atoms with van der Waals surface area (Å²) >= 11 is 6.01. The molecule has 96 valence electrons. The Morgan fingerprint density at radius 2 is 2.00 bits per heavy atom. The lowest BCUT2D eigenvalue weighted by Crippen LogP contribution is -1.90. The van der Waals surface area contributed by atoms with Crippen molar-refractivity contribution < 1.29 is 0 Å². The van der Waals surface area contributed by atoms with Crippen LogP contribution in [-0.4, -0.2) is 9.97 Å². The number of fused-ring (bicyclic) bond motifs is 1. The van der Waals surface area contributed by atoms with E-state index < -0.39 is 0 Å². The monoisotopic (exact) mass is 270 g/mol. The summed E-state index contributed by atoms with van der Waals surface area (Å²) in [5.41, 5.74) is 5.80. The van der Waals surface area contributed by atoms with Crippen molar-refractivity contribution in [1.29, 1.82) is 0 Å². The zero-order chi connectivity index (χ0) is 13.4. The SMILES string of the molecule is Cc1cc(C)c2nc(Cc3cccc(Cl)c3)[nH]c2c1. The lowest BCUT2D eigenvalue weighted by Gasteiger charge is -1.98. The van der Waals surface area contributed by atoms with Crippen LogP contribution >= 0.6 is 11.6 Å². The Labute approximate surface area is 117 Å². The van der Waals surface area contributed by atoms with Gasteiger partial charge in [0.25, 0.3) is 0 Å². The van der Waals surface area contributed by atoms with Gasteiger partial charge in [-0.15, -0.1) is 0 Å². The van der Waals surface area contributed by atoms with E-state index in [0.717, 1.165) is 28.3 Å². The largest absolute Gasteiger partial charge is 0.342 e. The Kier molecular flexibility index (Phi) is 3.03. The van der Waals surface area contributed by atoms with E-state index in [4.69, 9.17) is 11.6 Å². The van der Waals surface area contributed by atoms with Gasteiger partial charge in [0.2, 0.25) is 0 Å². The molecule has 3 aromatic rings. The second-order valence-corrected chi connectivity index (χ2v) is 5.40. The number of aryl methyl sites for hydroxylation is 2. The summed E-state index contributed by atoms with van der Waals surface area (Å²) in [6.45, 7) is 4.20. The number of H-pyrrole nitrogens is 1. The molecule has 3 heteroatoms. The summed E-state index contributed by atoms with van der Waals surface area (Å²) < 4.78 is 0. The molecular weight excluding hydrogens is 256 g/mol.